The third kappa shape index (κ3) is 1.78. The van der Waals surface area contributed by atoms with E-state index in [2.05, 4.69) is 67.0 Å². The maximum Gasteiger partial charge on any atom is 0.0426 e. The lowest BCUT2D eigenvalue weighted by Gasteiger charge is -2.40. The highest BCUT2D eigenvalue weighted by Gasteiger charge is 2.38. The van der Waals surface area contributed by atoms with Crippen LogP contribution in [0.5, 0.6) is 0 Å². The fourth-order valence-electron chi connectivity index (χ4n) is 3.32. The van der Waals surface area contributed by atoms with E-state index in [0.29, 0.717) is 0 Å². The average molecular weight is 261 g/mol. The Morgan fingerprint density at radius 3 is 1.70 bits per heavy atom. The Balaban J connectivity index is 2.30. The van der Waals surface area contributed by atoms with Crippen molar-refractivity contribution in [2.45, 2.75) is 18.3 Å². The van der Waals surface area contributed by atoms with Crippen LogP contribution in [0.2, 0.25) is 0 Å². The van der Waals surface area contributed by atoms with Gasteiger partial charge in [0, 0.05) is 16.8 Å². The minimum Gasteiger partial charge on any atom is -0.355 e. The Labute approximate surface area is 120 Å². The standard InChI is InChI=1S/C19H19N/c1-3-13-19(14-4-2)15-9-5-7-11-17(15)20-18-12-8-6-10-16(18)19/h3-12,20H,1-2,13-14H2. The summed E-state index contributed by atoms with van der Waals surface area (Å²) in [5, 5.41) is 3.54. The van der Waals surface area contributed by atoms with Crippen LogP contribution in [-0.4, -0.2) is 0 Å². The second-order valence-electron chi connectivity index (χ2n) is 5.28. The van der Waals surface area contributed by atoms with Crippen molar-refractivity contribution in [1.29, 1.82) is 0 Å². The van der Waals surface area contributed by atoms with E-state index in [-0.39, 0.29) is 5.41 Å². The largest absolute Gasteiger partial charge is 0.355 e. The average Bonchev–Trinajstić information content (AvgIpc) is 2.48. The second-order valence-corrected chi connectivity index (χ2v) is 5.28. The van der Waals surface area contributed by atoms with Crippen LogP contribution in [0.1, 0.15) is 24.0 Å². The van der Waals surface area contributed by atoms with Gasteiger partial charge < -0.3 is 5.32 Å². The molecule has 0 amide bonds. The van der Waals surface area contributed by atoms with Crippen LogP contribution in [0.4, 0.5) is 11.4 Å². The lowest BCUT2D eigenvalue weighted by Crippen LogP contribution is -2.31. The molecule has 0 fully saturated rings. The highest BCUT2D eigenvalue weighted by molar-refractivity contribution is 5.76. The van der Waals surface area contributed by atoms with Crippen molar-refractivity contribution in [3.8, 4) is 0 Å². The summed E-state index contributed by atoms with van der Waals surface area (Å²) in [6, 6.07) is 17.1. The van der Waals surface area contributed by atoms with E-state index in [1.54, 1.807) is 0 Å². The first kappa shape index (κ1) is 12.7. The lowest BCUT2D eigenvalue weighted by molar-refractivity contribution is 0.528. The van der Waals surface area contributed by atoms with Gasteiger partial charge in [0.25, 0.3) is 0 Å². The molecule has 0 aromatic heterocycles. The fraction of sp³-hybridized carbons (Fsp3) is 0.158. The second kappa shape index (κ2) is 5.01. The van der Waals surface area contributed by atoms with E-state index in [1.807, 2.05) is 12.2 Å². The minimum absolute atomic E-state index is 0.0536. The summed E-state index contributed by atoms with van der Waals surface area (Å²) >= 11 is 0. The predicted molar refractivity (Wildman–Crippen MR) is 86.6 cm³/mol. The van der Waals surface area contributed by atoms with E-state index >= 15 is 0 Å². The van der Waals surface area contributed by atoms with Gasteiger partial charge in [-0.05, 0) is 36.1 Å². The van der Waals surface area contributed by atoms with Crippen LogP contribution in [0.15, 0.2) is 73.8 Å². The quantitative estimate of drug-likeness (QED) is 0.747. The van der Waals surface area contributed by atoms with Gasteiger partial charge in [-0.3, -0.25) is 0 Å². The molecule has 2 aromatic carbocycles. The fourth-order valence-corrected chi connectivity index (χ4v) is 3.32. The first-order valence-electron chi connectivity index (χ1n) is 6.99. The van der Waals surface area contributed by atoms with Gasteiger partial charge in [0.1, 0.15) is 0 Å². The molecule has 0 atom stereocenters. The molecular weight excluding hydrogens is 242 g/mol. The number of allylic oxidation sites excluding steroid dienone is 2. The molecule has 3 rings (SSSR count). The van der Waals surface area contributed by atoms with Crippen molar-refractivity contribution in [3.05, 3.63) is 85.0 Å². The van der Waals surface area contributed by atoms with Gasteiger partial charge in [0.05, 0.1) is 0 Å². The van der Waals surface area contributed by atoms with Crippen LogP contribution >= 0.6 is 0 Å². The van der Waals surface area contributed by atoms with E-state index < -0.39 is 0 Å². The van der Waals surface area contributed by atoms with Crippen molar-refractivity contribution in [3.63, 3.8) is 0 Å². The van der Waals surface area contributed by atoms with Gasteiger partial charge in [-0.1, -0.05) is 48.6 Å². The molecule has 1 nitrogen and oxygen atoms in total. The van der Waals surface area contributed by atoms with Gasteiger partial charge in [-0.25, -0.2) is 0 Å². The van der Waals surface area contributed by atoms with Crippen molar-refractivity contribution in [2.24, 2.45) is 0 Å². The topological polar surface area (TPSA) is 12.0 Å². The van der Waals surface area contributed by atoms with Crippen LogP contribution in [0.3, 0.4) is 0 Å². The molecule has 1 aliphatic rings. The summed E-state index contributed by atoms with van der Waals surface area (Å²) < 4.78 is 0. The van der Waals surface area contributed by atoms with Gasteiger partial charge in [0.15, 0.2) is 0 Å². The van der Waals surface area contributed by atoms with Crippen molar-refractivity contribution in [1.82, 2.24) is 0 Å². The Morgan fingerprint density at radius 1 is 0.800 bits per heavy atom. The van der Waals surface area contributed by atoms with Crippen LogP contribution in [0, 0.1) is 0 Å². The van der Waals surface area contributed by atoms with Crippen LogP contribution in [0.25, 0.3) is 0 Å². The third-order valence-electron chi connectivity index (χ3n) is 4.14. The number of fused-ring (bicyclic) bond motifs is 2. The number of rotatable bonds is 4. The van der Waals surface area contributed by atoms with E-state index in [9.17, 15) is 0 Å². The van der Waals surface area contributed by atoms with Gasteiger partial charge >= 0.3 is 0 Å². The van der Waals surface area contributed by atoms with Crippen molar-refractivity contribution < 1.29 is 0 Å². The van der Waals surface area contributed by atoms with E-state index in [0.717, 1.165) is 12.8 Å². The zero-order valence-corrected chi connectivity index (χ0v) is 11.6. The lowest BCUT2D eigenvalue weighted by atomic mass is 9.67. The highest BCUT2D eigenvalue weighted by Crippen LogP contribution is 2.49. The molecule has 100 valence electrons. The van der Waals surface area contributed by atoms with Crippen LogP contribution in [-0.2, 0) is 5.41 Å². The molecule has 1 aliphatic heterocycles. The molecule has 0 aliphatic carbocycles. The maximum atomic E-state index is 3.97. The molecule has 1 heterocycles. The summed E-state index contributed by atoms with van der Waals surface area (Å²) in [5.41, 5.74) is 4.99. The zero-order valence-electron chi connectivity index (χ0n) is 11.6. The first-order valence-corrected chi connectivity index (χ1v) is 6.99. The number of para-hydroxylation sites is 2. The van der Waals surface area contributed by atoms with Gasteiger partial charge in [0.2, 0.25) is 0 Å². The van der Waals surface area contributed by atoms with Gasteiger partial charge in [-0.2, -0.15) is 0 Å². The summed E-state index contributed by atoms with van der Waals surface area (Å²) in [6.07, 6.45) is 5.86. The predicted octanol–water partition coefficient (Wildman–Crippen LogP) is 5.18. The Kier molecular flexibility index (Phi) is 3.19. The molecule has 20 heavy (non-hydrogen) atoms. The molecular formula is C19H19N. The monoisotopic (exact) mass is 261 g/mol. The molecule has 0 spiro atoms. The molecule has 2 aromatic rings. The summed E-state index contributed by atoms with van der Waals surface area (Å²) in [7, 11) is 0. The molecule has 1 N–H and O–H groups in total. The minimum atomic E-state index is -0.0536. The van der Waals surface area contributed by atoms with Gasteiger partial charge in [-0.15, -0.1) is 13.2 Å². The Hall–Kier alpha value is -2.28. The number of hydrogen-bond acceptors (Lipinski definition) is 1. The summed E-state index contributed by atoms with van der Waals surface area (Å²) in [5.74, 6) is 0. The van der Waals surface area contributed by atoms with Crippen LogP contribution < -0.4 is 5.32 Å². The maximum absolute atomic E-state index is 3.97. The van der Waals surface area contributed by atoms with E-state index in [4.69, 9.17) is 0 Å². The SMILES string of the molecule is C=CCC1(CC=C)c2ccccc2Nc2ccccc21. The molecule has 0 bridgehead atoms. The third-order valence-corrected chi connectivity index (χ3v) is 4.14. The molecule has 0 unspecified atom stereocenters. The number of nitrogens with one attached hydrogen (secondary N) is 1. The molecule has 0 saturated heterocycles. The summed E-state index contributed by atoms with van der Waals surface area (Å²) in [6.45, 7) is 7.95. The number of benzene rings is 2. The van der Waals surface area contributed by atoms with Crippen molar-refractivity contribution >= 4 is 11.4 Å². The normalized spacial score (nSPS) is 14.6. The Bertz CT molecular complexity index is 597. The zero-order chi connectivity index (χ0) is 14.0. The molecule has 0 saturated carbocycles. The highest BCUT2D eigenvalue weighted by atomic mass is 14.9. The molecule has 1 heteroatoms. The number of hydrogen-bond donors (Lipinski definition) is 1. The molecule has 0 radical (unpaired) electrons. The van der Waals surface area contributed by atoms with E-state index in [1.165, 1.54) is 22.5 Å². The Morgan fingerprint density at radius 2 is 1.25 bits per heavy atom. The number of anilines is 2. The van der Waals surface area contributed by atoms with Crippen molar-refractivity contribution in [2.75, 3.05) is 5.32 Å². The first-order chi connectivity index (χ1) is 9.81. The summed E-state index contributed by atoms with van der Waals surface area (Å²) in [4.78, 5) is 0. The smallest absolute Gasteiger partial charge is 0.0426 e.